The van der Waals surface area contributed by atoms with Gasteiger partial charge in [-0.25, -0.2) is 4.98 Å². The molecule has 1 aliphatic rings. The number of hydrogen-bond donors (Lipinski definition) is 2. The summed E-state index contributed by atoms with van der Waals surface area (Å²) >= 11 is 0. The van der Waals surface area contributed by atoms with E-state index in [0.29, 0.717) is 12.0 Å². The van der Waals surface area contributed by atoms with Gasteiger partial charge in [0.25, 0.3) is 0 Å². The van der Waals surface area contributed by atoms with E-state index in [4.69, 9.17) is 10.8 Å². The number of benzene rings is 1. The highest BCUT2D eigenvalue weighted by molar-refractivity contribution is 5.75. The molecular weight excluding hydrogens is 248 g/mol. The van der Waals surface area contributed by atoms with Crippen LogP contribution in [-0.4, -0.2) is 15.6 Å². The van der Waals surface area contributed by atoms with E-state index in [1.165, 1.54) is 24.8 Å². The number of imidazole rings is 1. The van der Waals surface area contributed by atoms with Crippen molar-refractivity contribution in [3.05, 3.63) is 30.1 Å². The van der Waals surface area contributed by atoms with Crippen LogP contribution in [0.3, 0.4) is 0 Å². The Morgan fingerprint density at radius 3 is 2.85 bits per heavy atom. The highest BCUT2D eigenvalue weighted by atomic mass is 15.2. The fourth-order valence-electron chi connectivity index (χ4n) is 3.55. The van der Waals surface area contributed by atoms with E-state index in [9.17, 15) is 0 Å². The Bertz CT molecular complexity index is 589. The number of nitrogens with zero attached hydrogens (tertiary/aromatic N) is 2. The molecule has 108 valence electrons. The third-order valence-electron chi connectivity index (χ3n) is 4.80. The second-order valence-corrected chi connectivity index (χ2v) is 6.23. The number of para-hydroxylation sites is 2. The second kappa shape index (κ2) is 5.54. The van der Waals surface area contributed by atoms with Crippen molar-refractivity contribution in [2.75, 3.05) is 0 Å². The molecule has 3 atom stereocenters. The number of nitrogens with two attached hydrogens (primary N) is 1. The molecule has 2 aromatic rings. The number of hydrogen-bond acceptors (Lipinski definition) is 3. The van der Waals surface area contributed by atoms with Gasteiger partial charge in [-0.15, -0.1) is 0 Å². The van der Waals surface area contributed by atoms with E-state index in [1.807, 2.05) is 6.07 Å². The van der Waals surface area contributed by atoms with Crippen molar-refractivity contribution in [2.24, 2.45) is 24.7 Å². The summed E-state index contributed by atoms with van der Waals surface area (Å²) in [5, 5.41) is 0. The normalized spacial score (nSPS) is 24.4. The number of aromatic nitrogens is 2. The van der Waals surface area contributed by atoms with Gasteiger partial charge in [-0.05, 0) is 36.8 Å². The van der Waals surface area contributed by atoms with E-state index in [1.54, 1.807) is 0 Å². The van der Waals surface area contributed by atoms with Gasteiger partial charge in [0.15, 0.2) is 0 Å². The molecule has 20 heavy (non-hydrogen) atoms. The van der Waals surface area contributed by atoms with Crippen molar-refractivity contribution in [3.8, 4) is 0 Å². The molecule has 4 heteroatoms. The number of nitrogens with one attached hydrogen (secondary N) is 1. The van der Waals surface area contributed by atoms with E-state index in [2.05, 4.69) is 42.2 Å². The predicted octanol–water partition coefficient (Wildman–Crippen LogP) is 2.38. The van der Waals surface area contributed by atoms with Crippen LogP contribution in [0.4, 0.5) is 0 Å². The van der Waals surface area contributed by atoms with Crippen molar-refractivity contribution in [3.63, 3.8) is 0 Å². The molecule has 4 nitrogen and oxygen atoms in total. The van der Waals surface area contributed by atoms with Crippen LogP contribution < -0.4 is 11.3 Å². The van der Waals surface area contributed by atoms with Gasteiger partial charge in [0, 0.05) is 19.5 Å². The first-order valence-corrected chi connectivity index (χ1v) is 7.55. The first kappa shape index (κ1) is 13.6. The Labute approximate surface area is 120 Å². The molecule has 0 spiro atoms. The largest absolute Gasteiger partial charge is 0.331 e. The lowest BCUT2D eigenvalue weighted by molar-refractivity contribution is 0.346. The Kier molecular flexibility index (Phi) is 3.76. The van der Waals surface area contributed by atoms with Gasteiger partial charge >= 0.3 is 0 Å². The van der Waals surface area contributed by atoms with Gasteiger partial charge in [-0.2, -0.15) is 0 Å². The van der Waals surface area contributed by atoms with Crippen molar-refractivity contribution in [2.45, 2.75) is 38.6 Å². The van der Waals surface area contributed by atoms with Gasteiger partial charge in [0.05, 0.1) is 11.0 Å². The number of hydrazine groups is 1. The molecular formula is C16H24N4. The number of aryl methyl sites for hydroxylation is 1. The van der Waals surface area contributed by atoms with Gasteiger partial charge in [0.1, 0.15) is 5.82 Å². The van der Waals surface area contributed by atoms with E-state index in [0.717, 1.165) is 23.7 Å². The number of rotatable bonds is 4. The van der Waals surface area contributed by atoms with Crippen LogP contribution in [0.1, 0.15) is 32.0 Å². The highest BCUT2D eigenvalue weighted by Crippen LogP contribution is 2.33. The van der Waals surface area contributed by atoms with Crippen LogP contribution >= 0.6 is 0 Å². The molecule has 1 aliphatic carbocycles. The van der Waals surface area contributed by atoms with E-state index < -0.39 is 0 Å². The van der Waals surface area contributed by atoms with E-state index >= 15 is 0 Å². The standard InChI is InChI=1S/C16H24N4/c1-11-7-8-12(9-11)14(19-17)10-16-18-13-5-3-4-6-15(13)20(16)2/h3-6,11-12,14,19H,7-10,17H2,1-2H3. The van der Waals surface area contributed by atoms with Crippen LogP contribution in [0, 0.1) is 11.8 Å². The quantitative estimate of drug-likeness (QED) is 0.663. The smallest absolute Gasteiger partial charge is 0.111 e. The maximum atomic E-state index is 5.80. The summed E-state index contributed by atoms with van der Waals surface area (Å²) in [7, 11) is 2.09. The summed E-state index contributed by atoms with van der Waals surface area (Å²) in [6, 6.07) is 8.62. The molecule has 3 unspecified atom stereocenters. The fourth-order valence-corrected chi connectivity index (χ4v) is 3.55. The highest BCUT2D eigenvalue weighted by Gasteiger charge is 2.29. The third kappa shape index (κ3) is 2.45. The zero-order chi connectivity index (χ0) is 14.1. The zero-order valence-electron chi connectivity index (χ0n) is 12.3. The summed E-state index contributed by atoms with van der Waals surface area (Å²) in [4.78, 5) is 4.76. The van der Waals surface area contributed by atoms with Gasteiger partial charge in [0.2, 0.25) is 0 Å². The summed E-state index contributed by atoms with van der Waals surface area (Å²) in [5.41, 5.74) is 5.29. The molecule has 1 aromatic carbocycles. The Hall–Kier alpha value is -1.39. The lowest BCUT2D eigenvalue weighted by Crippen LogP contribution is -2.42. The van der Waals surface area contributed by atoms with Crippen LogP contribution in [0.25, 0.3) is 11.0 Å². The molecule has 1 heterocycles. The topological polar surface area (TPSA) is 55.9 Å². The van der Waals surface area contributed by atoms with Crippen LogP contribution in [-0.2, 0) is 13.5 Å². The second-order valence-electron chi connectivity index (χ2n) is 6.23. The number of fused-ring (bicyclic) bond motifs is 1. The first-order valence-electron chi connectivity index (χ1n) is 7.55. The van der Waals surface area contributed by atoms with Gasteiger partial charge in [-0.3, -0.25) is 11.3 Å². The van der Waals surface area contributed by atoms with Crippen molar-refractivity contribution in [1.29, 1.82) is 0 Å². The van der Waals surface area contributed by atoms with Crippen LogP contribution in [0.5, 0.6) is 0 Å². The Morgan fingerprint density at radius 1 is 1.40 bits per heavy atom. The maximum Gasteiger partial charge on any atom is 0.111 e. The Balaban J connectivity index is 1.82. The minimum atomic E-state index is 0.329. The molecule has 1 fully saturated rings. The Morgan fingerprint density at radius 2 is 2.20 bits per heavy atom. The fraction of sp³-hybridized carbons (Fsp3) is 0.562. The molecule has 1 aromatic heterocycles. The lowest BCUT2D eigenvalue weighted by Gasteiger charge is -2.22. The van der Waals surface area contributed by atoms with E-state index in [-0.39, 0.29) is 0 Å². The molecule has 0 aliphatic heterocycles. The summed E-state index contributed by atoms with van der Waals surface area (Å²) < 4.78 is 2.19. The molecule has 0 amide bonds. The molecule has 0 radical (unpaired) electrons. The maximum absolute atomic E-state index is 5.80. The SMILES string of the molecule is CC1CCC(C(Cc2nc3ccccc3n2C)NN)C1. The molecule has 0 saturated heterocycles. The average molecular weight is 272 g/mol. The summed E-state index contributed by atoms with van der Waals surface area (Å²) in [6.45, 7) is 2.34. The predicted molar refractivity (Wildman–Crippen MR) is 82.0 cm³/mol. The molecule has 1 saturated carbocycles. The molecule has 3 rings (SSSR count). The first-order chi connectivity index (χ1) is 9.69. The van der Waals surface area contributed by atoms with Gasteiger partial charge < -0.3 is 4.57 Å². The zero-order valence-corrected chi connectivity index (χ0v) is 12.3. The average Bonchev–Trinajstić information content (AvgIpc) is 3.01. The van der Waals surface area contributed by atoms with Crippen LogP contribution in [0.2, 0.25) is 0 Å². The minimum absolute atomic E-state index is 0.329. The molecule has 3 N–H and O–H groups in total. The summed E-state index contributed by atoms with van der Waals surface area (Å²) in [6.07, 6.45) is 4.78. The monoisotopic (exact) mass is 272 g/mol. The van der Waals surface area contributed by atoms with Crippen molar-refractivity contribution >= 4 is 11.0 Å². The van der Waals surface area contributed by atoms with Crippen molar-refractivity contribution in [1.82, 2.24) is 15.0 Å². The van der Waals surface area contributed by atoms with Crippen LogP contribution in [0.15, 0.2) is 24.3 Å². The third-order valence-corrected chi connectivity index (χ3v) is 4.80. The minimum Gasteiger partial charge on any atom is -0.331 e. The molecule has 0 bridgehead atoms. The van der Waals surface area contributed by atoms with Crippen molar-refractivity contribution < 1.29 is 0 Å². The lowest BCUT2D eigenvalue weighted by atomic mass is 9.94. The van der Waals surface area contributed by atoms with Gasteiger partial charge in [-0.1, -0.05) is 25.5 Å². The summed E-state index contributed by atoms with van der Waals surface area (Å²) in [5.74, 6) is 8.43.